The van der Waals surface area contributed by atoms with Crippen LogP contribution in [0.2, 0.25) is 0 Å². The number of rotatable bonds is 2. The lowest BCUT2D eigenvalue weighted by Crippen LogP contribution is -2.33. The van der Waals surface area contributed by atoms with Gasteiger partial charge in [0.2, 0.25) is 0 Å². The first-order chi connectivity index (χ1) is 9.70. The van der Waals surface area contributed by atoms with Gasteiger partial charge < -0.3 is 4.90 Å². The van der Waals surface area contributed by atoms with Crippen molar-refractivity contribution in [1.82, 2.24) is 0 Å². The van der Waals surface area contributed by atoms with Gasteiger partial charge in [-0.2, -0.15) is 0 Å². The van der Waals surface area contributed by atoms with Crippen molar-refractivity contribution in [1.29, 1.82) is 0 Å². The molecule has 1 aliphatic heterocycles. The minimum Gasteiger partial charge on any atom is -0.338 e. The van der Waals surface area contributed by atoms with Crippen molar-refractivity contribution < 1.29 is 9.18 Å². The maximum Gasteiger partial charge on any atom is 0.152 e. The summed E-state index contributed by atoms with van der Waals surface area (Å²) in [6, 6.07) is 12.9. The molecule has 1 unspecified atom stereocenters. The molecule has 0 saturated carbocycles. The van der Waals surface area contributed by atoms with E-state index in [1.807, 2.05) is 12.1 Å². The summed E-state index contributed by atoms with van der Waals surface area (Å²) in [5.74, 6) is -0.381. The van der Waals surface area contributed by atoms with E-state index in [9.17, 15) is 9.18 Å². The van der Waals surface area contributed by atoms with E-state index in [4.69, 9.17) is 0 Å². The van der Waals surface area contributed by atoms with Crippen LogP contribution in [0.15, 0.2) is 42.5 Å². The molecule has 0 aliphatic carbocycles. The van der Waals surface area contributed by atoms with Crippen molar-refractivity contribution in [2.45, 2.75) is 25.8 Å². The van der Waals surface area contributed by atoms with E-state index < -0.39 is 0 Å². The fraction of sp³-hybridized carbons (Fsp3) is 0.235. The van der Waals surface area contributed by atoms with Crippen LogP contribution in [0.3, 0.4) is 0 Å². The third kappa shape index (κ3) is 2.09. The van der Waals surface area contributed by atoms with Crippen LogP contribution in [0.25, 0.3) is 0 Å². The number of para-hydroxylation sites is 1. The maximum atomic E-state index is 13.3. The lowest BCUT2D eigenvalue weighted by Gasteiger charge is -2.37. The quantitative estimate of drug-likeness (QED) is 0.765. The number of benzene rings is 2. The third-order valence-corrected chi connectivity index (χ3v) is 3.90. The first kappa shape index (κ1) is 12.9. The summed E-state index contributed by atoms with van der Waals surface area (Å²) < 4.78 is 13.3. The Bertz CT molecular complexity index is 653. The van der Waals surface area contributed by atoms with Gasteiger partial charge in [-0.1, -0.05) is 18.2 Å². The second kappa shape index (κ2) is 5.08. The van der Waals surface area contributed by atoms with Crippen LogP contribution >= 0.6 is 0 Å². The number of fused-ring (bicyclic) bond motifs is 1. The molecule has 2 aromatic rings. The predicted molar refractivity (Wildman–Crippen MR) is 78.2 cm³/mol. The zero-order chi connectivity index (χ0) is 14.1. The molecular formula is C17H16FNO. The minimum atomic E-state index is -0.381. The maximum absolute atomic E-state index is 13.3. The number of hydrogen-bond acceptors (Lipinski definition) is 2. The summed E-state index contributed by atoms with van der Waals surface area (Å²) in [6.45, 7) is 2.13. The van der Waals surface area contributed by atoms with Crippen LogP contribution in [-0.4, -0.2) is 12.3 Å². The highest BCUT2D eigenvalue weighted by molar-refractivity contribution is 5.87. The second-order valence-corrected chi connectivity index (χ2v) is 5.21. The second-order valence-electron chi connectivity index (χ2n) is 5.21. The Kier molecular flexibility index (Phi) is 3.26. The fourth-order valence-corrected chi connectivity index (χ4v) is 2.89. The minimum absolute atomic E-state index is 0.286. The van der Waals surface area contributed by atoms with Crippen LogP contribution in [-0.2, 0) is 6.42 Å². The Balaban J connectivity index is 2.16. The highest BCUT2D eigenvalue weighted by Crippen LogP contribution is 2.38. The predicted octanol–water partition coefficient (Wildman–Crippen LogP) is 4.11. The van der Waals surface area contributed by atoms with E-state index in [0.717, 1.165) is 30.5 Å². The topological polar surface area (TPSA) is 20.3 Å². The normalized spacial score (nSPS) is 17.7. The number of aldehydes is 1. The van der Waals surface area contributed by atoms with Gasteiger partial charge in [0.15, 0.2) is 6.29 Å². The molecule has 0 spiro atoms. The van der Waals surface area contributed by atoms with E-state index in [1.165, 1.54) is 17.7 Å². The van der Waals surface area contributed by atoms with Gasteiger partial charge in [-0.15, -0.1) is 0 Å². The molecule has 1 atom stereocenters. The number of anilines is 2. The number of nitrogens with zero attached hydrogens (tertiary/aromatic N) is 1. The molecule has 2 aromatic carbocycles. The van der Waals surface area contributed by atoms with Crippen molar-refractivity contribution >= 4 is 17.7 Å². The summed E-state index contributed by atoms with van der Waals surface area (Å²) in [5.41, 5.74) is 3.56. The first-order valence-corrected chi connectivity index (χ1v) is 6.82. The molecule has 0 amide bonds. The largest absolute Gasteiger partial charge is 0.338 e. The summed E-state index contributed by atoms with van der Waals surface area (Å²) in [4.78, 5) is 13.4. The van der Waals surface area contributed by atoms with E-state index >= 15 is 0 Å². The molecule has 0 N–H and O–H groups in total. The van der Waals surface area contributed by atoms with Crippen molar-refractivity contribution in [3.63, 3.8) is 0 Å². The van der Waals surface area contributed by atoms with Gasteiger partial charge >= 0.3 is 0 Å². The van der Waals surface area contributed by atoms with Crippen molar-refractivity contribution in [3.05, 3.63) is 59.4 Å². The Labute approximate surface area is 117 Å². The average Bonchev–Trinajstić information content (AvgIpc) is 2.48. The number of aryl methyl sites for hydroxylation is 1. The van der Waals surface area contributed by atoms with Gasteiger partial charge in [0, 0.05) is 17.3 Å². The fourth-order valence-electron chi connectivity index (χ4n) is 2.89. The van der Waals surface area contributed by atoms with Gasteiger partial charge in [-0.05, 0) is 49.6 Å². The lowest BCUT2D eigenvalue weighted by atomic mass is 9.95. The highest BCUT2D eigenvalue weighted by Gasteiger charge is 2.25. The van der Waals surface area contributed by atoms with Crippen LogP contribution < -0.4 is 4.90 Å². The third-order valence-electron chi connectivity index (χ3n) is 3.90. The van der Waals surface area contributed by atoms with Gasteiger partial charge in [0.05, 0.1) is 5.69 Å². The number of hydrogen-bond donors (Lipinski definition) is 0. The smallest absolute Gasteiger partial charge is 0.152 e. The average molecular weight is 269 g/mol. The molecule has 0 aromatic heterocycles. The molecule has 3 heteroatoms. The summed E-state index contributed by atoms with van der Waals surface area (Å²) >= 11 is 0. The zero-order valence-electron chi connectivity index (χ0n) is 11.3. The standard InChI is InChI=1S/C17H16FNO/c1-12-6-7-13-4-2-3-5-16(13)19(12)17-9-8-15(18)10-14(17)11-20/h2-5,8-12H,6-7H2,1H3. The Morgan fingerprint density at radius 3 is 2.80 bits per heavy atom. The van der Waals surface area contributed by atoms with Gasteiger partial charge in [0.1, 0.15) is 5.82 Å². The molecular weight excluding hydrogens is 253 g/mol. The number of carbonyl (C=O) groups excluding carboxylic acids is 1. The van der Waals surface area contributed by atoms with Crippen molar-refractivity contribution in [2.75, 3.05) is 4.90 Å². The van der Waals surface area contributed by atoms with Gasteiger partial charge in [0.25, 0.3) is 0 Å². The SMILES string of the molecule is CC1CCc2ccccc2N1c1ccc(F)cc1C=O. The van der Waals surface area contributed by atoms with Crippen LogP contribution in [0, 0.1) is 5.82 Å². The molecule has 102 valence electrons. The van der Waals surface area contributed by atoms with Crippen molar-refractivity contribution in [3.8, 4) is 0 Å². The molecule has 0 saturated heterocycles. The number of halogens is 1. The zero-order valence-corrected chi connectivity index (χ0v) is 11.3. The summed E-state index contributed by atoms with van der Waals surface area (Å²) in [5, 5.41) is 0. The molecule has 1 heterocycles. The van der Waals surface area contributed by atoms with Crippen LogP contribution in [0.4, 0.5) is 15.8 Å². The molecule has 0 fully saturated rings. The first-order valence-electron chi connectivity index (χ1n) is 6.82. The molecule has 1 aliphatic rings. The van der Waals surface area contributed by atoms with E-state index in [2.05, 4.69) is 24.0 Å². The Morgan fingerprint density at radius 1 is 1.20 bits per heavy atom. The van der Waals surface area contributed by atoms with E-state index in [1.54, 1.807) is 6.07 Å². The van der Waals surface area contributed by atoms with E-state index in [-0.39, 0.29) is 11.9 Å². The molecule has 0 radical (unpaired) electrons. The summed E-state index contributed by atoms with van der Waals surface area (Å²) in [6.07, 6.45) is 2.78. The lowest BCUT2D eigenvalue weighted by molar-refractivity contribution is 0.112. The Morgan fingerprint density at radius 2 is 2.00 bits per heavy atom. The molecule has 2 nitrogen and oxygen atoms in total. The van der Waals surface area contributed by atoms with Crippen LogP contribution in [0.5, 0.6) is 0 Å². The molecule has 20 heavy (non-hydrogen) atoms. The van der Waals surface area contributed by atoms with Gasteiger partial charge in [-0.25, -0.2) is 4.39 Å². The Hall–Kier alpha value is -2.16. The highest BCUT2D eigenvalue weighted by atomic mass is 19.1. The monoisotopic (exact) mass is 269 g/mol. The summed E-state index contributed by atoms with van der Waals surface area (Å²) in [7, 11) is 0. The number of carbonyl (C=O) groups is 1. The van der Waals surface area contributed by atoms with E-state index in [0.29, 0.717) is 5.56 Å². The molecule has 0 bridgehead atoms. The molecule has 3 rings (SSSR count). The van der Waals surface area contributed by atoms with Crippen LogP contribution in [0.1, 0.15) is 29.3 Å². The van der Waals surface area contributed by atoms with Crippen molar-refractivity contribution in [2.24, 2.45) is 0 Å². The van der Waals surface area contributed by atoms with Gasteiger partial charge in [-0.3, -0.25) is 4.79 Å².